The molecule has 1 fully saturated rings. The van der Waals surface area contributed by atoms with E-state index in [1.165, 1.54) is 5.56 Å². The number of nitrogens with zero attached hydrogens (tertiary/aromatic N) is 1. The predicted molar refractivity (Wildman–Crippen MR) is 76.6 cm³/mol. The zero-order chi connectivity index (χ0) is 13.2. The molecule has 3 rings (SSSR count). The van der Waals surface area contributed by atoms with Gasteiger partial charge in [-0.05, 0) is 50.6 Å². The molecule has 0 bridgehead atoms. The number of carbonyl (C=O) groups is 1. The van der Waals surface area contributed by atoms with Crippen LogP contribution in [0.15, 0.2) is 18.2 Å². The number of likely N-dealkylation sites (N-methyl/N-ethyl adjacent to an activating group) is 1. The number of benzene rings is 1. The maximum atomic E-state index is 12.3. The summed E-state index contributed by atoms with van der Waals surface area (Å²) in [5, 5.41) is 6.47. The highest BCUT2D eigenvalue weighted by Crippen LogP contribution is 2.23. The minimum atomic E-state index is 0.0526. The summed E-state index contributed by atoms with van der Waals surface area (Å²) in [5.41, 5.74) is 3.20. The van der Waals surface area contributed by atoms with Gasteiger partial charge in [0.15, 0.2) is 0 Å². The Kier molecular flexibility index (Phi) is 3.42. The molecule has 0 radical (unpaired) electrons. The molecule has 1 saturated heterocycles. The lowest BCUT2D eigenvalue weighted by Crippen LogP contribution is -2.46. The molecule has 4 nitrogen and oxygen atoms in total. The van der Waals surface area contributed by atoms with Crippen LogP contribution >= 0.6 is 0 Å². The van der Waals surface area contributed by atoms with Crippen molar-refractivity contribution in [1.29, 1.82) is 0 Å². The monoisotopic (exact) mass is 259 g/mol. The third kappa shape index (κ3) is 2.73. The average molecular weight is 259 g/mol. The number of hydrogen-bond acceptors (Lipinski definition) is 3. The lowest BCUT2D eigenvalue weighted by Gasteiger charge is -2.30. The SMILES string of the molecule is CN1CCCC(NC(=O)c2ccc3c(c2)NCC3)C1. The Morgan fingerprint density at radius 2 is 2.37 bits per heavy atom. The van der Waals surface area contributed by atoms with Crippen LogP contribution in [0.1, 0.15) is 28.8 Å². The zero-order valence-corrected chi connectivity index (χ0v) is 11.4. The molecule has 1 aromatic carbocycles. The summed E-state index contributed by atoms with van der Waals surface area (Å²) in [6.45, 7) is 3.07. The molecule has 102 valence electrons. The fraction of sp³-hybridized carbons (Fsp3) is 0.533. The third-order valence-electron chi connectivity index (χ3n) is 4.04. The number of likely N-dealkylation sites (tertiary alicyclic amines) is 1. The maximum Gasteiger partial charge on any atom is 0.251 e. The van der Waals surface area contributed by atoms with Gasteiger partial charge in [-0.2, -0.15) is 0 Å². The third-order valence-corrected chi connectivity index (χ3v) is 4.04. The second-order valence-electron chi connectivity index (χ2n) is 5.62. The summed E-state index contributed by atoms with van der Waals surface area (Å²) in [5.74, 6) is 0.0526. The van der Waals surface area contributed by atoms with Crippen molar-refractivity contribution in [2.75, 3.05) is 32.0 Å². The van der Waals surface area contributed by atoms with Gasteiger partial charge in [0.05, 0.1) is 0 Å². The van der Waals surface area contributed by atoms with Crippen LogP contribution in [0.25, 0.3) is 0 Å². The van der Waals surface area contributed by atoms with E-state index in [0.29, 0.717) is 0 Å². The molecule has 1 aromatic rings. The highest BCUT2D eigenvalue weighted by molar-refractivity contribution is 5.95. The van der Waals surface area contributed by atoms with E-state index in [-0.39, 0.29) is 11.9 Å². The fourth-order valence-electron chi connectivity index (χ4n) is 2.99. The van der Waals surface area contributed by atoms with Gasteiger partial charge in [-0.15, -0.1) is 0 Å². The van der Waals surface area contributed by atoms with Crippen LogP contribution < -0.4 is 10.6 Å². The van der Waals surface area contributed by atoms with Crippen LogP contribution in [0.4, 0.5) is 5.69 Å². The Balaban J connectivity index is 1.67. The summed E-state index contributed by atoms with van der Waals surface area (Å²) in [4.78, 5) is 14.5. The topological polar surface area (TPSA) is 44.4 Å². The Labute approximate surface area is 114 Å². The van der Waals surface area contributed by atoms with Crippen molar-refractivity contribution in [1.82, 2.24) is 10.2 Å². The van der Waals surface area contributed by atoms with Crippen molar-refractivity contribution in [2.45, 2.75) is 25.3 Å². The van der Waals surface area contributed by atoms with Gasteiger partial charge in [0.25, 0.3) is 5.91 Å². The molecule has 4 heteroatoms. The quantitative estimate of drug-likeness (QED) is 0.845. The molecule has 1 amide bonds. The standard InChI is InChI=1S/C15H21N3O/c1-18-8-2-3-13(10-18)17-15(19)12-5-4-11-6-7-16-14(11)9-12/h4-5,9,13,16H,2-3,6-8,10H2,1H3,(H,17,19). The number of piperidine rings is 1. The first-order valence-corrected chi connectivity index (χ1v) is 7.08. The number of nitrogens with one attached hydrogen (secondary N) is 2. The molecule has 0 saturated carbocycles. The maximum absolute atomic E-state index is 12.3. The molecule has 0 aliphatic carbocycles. The highest BCUT2D eigenvalue weighted by Gasteiger charge is 2.20. The van der Waals surface area contributed by atoms with Crippen molar-refractivity contribution >= 4 is 11.6 Å². The Morgan fingerprint density at radius 3 is 3.21 bits per heavy atom. The molecule has 19 heavy (non-hydrogen) atoms. The second-order valence-corrected chi connectivity index (χ2v) is 5.62. The minimum absolute atomic E-state index is 0.0526. The molecule has 2 heterocycles. The number of hydrogen-bond donors (Lipinski definition) is 2. The molecule has 0 spiro atoms. The van der Waals surface area contributed by atoms with Gasteiger partial charge in [0, 0.05) is 30.4 Å². The summed E-state index contributed by atoms with van der Waals surface area (Å²) < 4.78 is 0. The molecular formula is C15H21N3O. The second kappa shape index (κ2) is 5.21. The van der Waals surface area contributed by atoms with E-state index in [2.05, 4.69) is 28.6 Å². The van der Waals surface area contributed by atoms with Gasteiger partial charge in [-0.1, -0.05) is 6.07 Å². The Hall–Kier alpha value is -1.55. The van der Waals surface area contributed by atoms with Gasteiger partial charge in [0.2, 0.25) is 0 Å². The van der Waals surface area contributed by atoms with Crippen molar-refractivity contribution < 1.29 is 4.79 Å². The first-order valence-electron chi connectivity index (χ1n) is 7.08. The molecule has 2 aliphatic heterocycles. The number of amides is 1. The van der Waals surface area contributed by atoms with E-state index < -0.39 is 0 Å². The van der Waals surface area contributed by atoms with E-state index in [0.717, 1.165) is 50.1 Å². The van der Waals surface area contributed by atoms with Gasteiger partial charge < -0.3 is 15.5 Å². The van der Waals surface area contributed by atoms with E-state index in [1.807, 2.05) is 12.1 Å². The first-order chi connectivity index (χ1) is 9.22. The van der Waals surface area contributed by atoms with Crippen molar-refractivity contribution in [3.63, 3.8) is 0 Å². The first kappa shape index (κ1) is 12.5. The lowest BCUT2D eigenvalue weighted by atomic mass is 10.0. The van der Waals surface area contributed by atoms with Gasteiger partial charge in [-0.3, -0.25) is 4.79 Å². The van der Waals surface area contributed by atoms with Crippen molar-refractivity contribution in [3.05, 3.63) is 29.3 Å². The number of fused-ring (bicyclic) bond motifs is 1. The van der Waals surface area contributed by atoms with E-state index in [4.69, 9.17) is 0 Å². The molecule has 0 aromatic heterocycles. The van der Waals surface area contributed by atoms with Crippen molar-refractivity contribution in [3.8, 4) is 0 Å². The number of carbonyl (C=O) groups excluding carboxylic acids is 1. The van der Waals surface area contributed by atoms with Crippen LogP contribution in [0.3, 0.4) is 0 Å². The van der Waals surface area contributed by atoms with Crippen LogP contribution in [0, 0.1) is 0 Å². The summed E-state index contributed by atoms with van der Waals surface area (Å²) in [6.07, 6.45) is 3.30. The largest absolute Gasteiger partial charge is 0.384 e. The van der Waals surface area contributed by atoms with Crippen LogP contribution in [-0.4, -0.2) is 43.5 Å². The van der Waals surface area contributed by atoms with Gasteiger partial charge >= 0.3 is 0 Å². The van der Waals surface area contributed by atoms with E-state index in [1.54, 1.807) is 0 Å². The minimum Gasteiger partial charge on any atom is -0.384 e. The zero-order valence-electron chi connectivity index (χ0n) is 11.4. The molecule has 1 unspecified atom stereocenters. The van der Waals surface area contributed by atoms with Crippen LogP contribution in [0.2, 0.25) is 0 Å². The molecule has 2 aliphatic rings. The van der Waals surface area contributed by atoms with Gasteiger partial charge in [0.1, 0.15) is 0 Å². The molecular weight excluding hydrogens is 238 g/mol. The van der Waals surface area contributed by atoms with Crippen LogP contribution in [-0.2, 0) is 6.42 Å². The summed E-state index contributed by atoms with van der Waals surface area (Å²) in [7, 11) is 2.11. The molecule has 2 N–H and O–H groups in total. The molecule has 1 atom stereocenters. The summed E-state index contributed by atoms with van der Waals surface area (Å²) >= 11 is 0. The Morgan fingerprint density at radius 1 is 1.47 bits per heavy atom. The van der Waals surface area contributed by atoms with E-state index >= 15 is 0 Å². The fourth-order valence-corrected chi connectivity index (χ4v) is 2.99. The highest BCUT2D eigenvalue weighted by atomic mass is 16.1. The smallest absolute Gasteiger partial charge is 0.251 e. The Bertz CT molecular complexity index is 486. The van der Waals surface area contributed by atoms with Gasteiger partial charge in [-0.25, -0.2) is 0 Å². The number of anilines is 1. The number of rotatable bonds is 2. The predicted octanol–water partition coefficient (Wildman–Crippen LogP) is 1.48. The van der Waals surface area contributed by atoms with Crippen LogP contribution in [0.5, 0.6) is 0 Å². The summed E-state index contributed by atoms with van der Waals surface area (Å²) in [6, 6.07) is 6.27. The lowest BCUT2D eigenvalue weighted by molar-refractivity contribution is 0.0912. The van der Waals surface area contributed by atoms with Crippen molar-refractivity contribution in [2.24, 2.45) is 0 Å². The normalized spacial score (nSPS) is 22.7. The average Bonchev–Trinajstić information content (AvgIpc) is 2.85. The van der Waals surface area contributed by atoms with E-state index in [9.17, 15) is 4.79 Å².